The van der Waals surface area contributed by atoms with E-state index in [1.54, 1.807) is 37.3 Å². The van der Waals surface area contributed by atoms with Gasteiger partial charge in [-0.1, -0.05) is 17.3 Å². The minimum absolute atomic E-state index is 0.0112. The first-order valence-corrected chi connectivity index (χ1v) is 8.02. The van der Waals surface area contributed by atoms with Crippen molar-refractivity contribution in [3.63, 3.8) is 0 Å². The number of imidazole rings is 1. The van der Waals surface area contributed by atoms with Crippen LogP contribution < -0.4 is 0 Å². The van der Waals surface area contributed by atoms with Gasteiger partial charge in [-0.05, 0) is 32.0 Å². The number of carbonyl (C=O) groups excluding carboxylic acids is 1. The number of ether oxygens (including phenoxy) is 1. The lowest BCUT2D eigenvalue weighted by atomic mass is 10.3. The van der Waals surface area contributed by atoms with Gasteiger partial charge in [0.05, 0.1) is 18.1 Å². The van der Waals surface area contributed by atoms with E-state index in [-0.39, 0.29) is 23.9 Å². The average molecular weight is 377 g/mol. The predicted molar refractivity (Wildman–Crippen MR) is 92.8 cm³/mol. The zero-order valence-corrected chi connectivity index (χ0v) is 14.9. The van der Waals surface area contributed by atoms with Crippen LogP contribution in [0.4, 0.5) is 8.78 Å². The zero-order valence-electron chi connectivity index (χ0n) is 14.9. The molecule has 0 N–H and O–H groups in total. The maximum absolute atomic E-state index is 13.5. The second-order valence-electron chi connectivity index (χ2n) is 5.74. The van der Waals surface area contributed by atoms with Crippen LogP contribution in [0.5, 0.6) is 0 Å². The molecule has 1 aromatic carbocycles. The normalized spacial score (nSPS) is 12.0. The molecule has 0 saturated carbocycles. The first-order valence-electron chi connectivity index (χ1n) is 8.02. The summed E-state index contributed by atoms with van der Waals surface area (Å²) in [5.41, 5.74) is 1.52. The average Bonchev–Trinajstić information content (AvgIpc) is 3.21. The largest absolute Gasteiger partial charge is 0.463 e. The molecule has 27 heavy (non-hydrogen) atoms. The Kier molecular flexibility index (Phi) is 5.20. The summed E-state index contributed by atoms with van der Waals surface area (Å²) >= 11 is 0. The number of oxime groups is 1. The van der Waals surface area contributed by atoms with Gasteiger partial charge in [0, 0.05) is 5.56 Å². The molecule has 0 aliphatic carbocycles. The molecule has 0 bridgehead atoms. The van der Waals surface area contributed by atoms with Crippen molar-refractivity contribution < 1.29 is 27.6 Å². The summed E-state index contributed by atoms with van der Waals surface area (Å²) in [7, 11) is 1.25. The van der Waals surface area contributed by atoms with Gasteiger partial charge in [-0.3, -0.25) is 4.57 Å². The number of furan rings is 1. The summed E-state index contributed by atoms with van der Waals surface area (Å²) < 4.78 is 37.7. The number of para-hydroxylation sites is 2. The molecular weight excluding hydrogens is 360 g/mol. The van der Waals surface area contributed by atoms with Crippen LogP contribution in [-0.4, -0.2) is 28.3 Å². The molecular formula is C18H17F2N3O4. The van der Waals surface area contributed by atoms with Crippen LogP contribution in [0.3, 0.4) is 0 Å². The van der Waals surface area contributed by atoms with Crippen LogP contribution in [0.2, 0.25) is 0 Å². The SMILES string of the molecule is COC(=O)c1oc(CON=C(C)c2nc3ccccc3n2C(F)F)cc1C. The number of halogens is 2. The Labute approximate surface area is 153 Å². The molecule has 2 aromatic heterocycles. The molecule has 0 atom stereocenters. The quantitative estimate of drug-likeness (QED) is 0.368. The van der Waals surface area contributed by atoms with Gasteiger partial charge in [-0.25, -0.2) is 9.78 Å². The maximum Gasteiger partial charge on any atom is 0.374 e. The molecule has 0 unspecified atom stereocenters. The number of aryl methyl sites for hydroxylation is 1. The van der Waals surface area contributed by atoms with Crippen molar-refractivity contribution in [1.82, 2.24) is 9.55 Å². The molecule has 0 amide bonds. The molecule has 0 fully saturated rings. The highest BCUT2D eigenvalue weighted by molar-refractivity contribution is 5.98. The number of esters is 1. The van der Waals surface area contributed by atoms with Crippen molar-refractivity contribution in [3.8, 4) is 0 Å². The van der Waals surface area contributed by atoms with E-state index in [2.05, 4.69) is 14.9 Å². The van der Waals surface area contributed by atoms with E-state index < -0.39 is 12.5 Å². The van der Waals surface area contributed by atoms with Crippen molar-refractivity contribution in [3.05, 3.63) is 53.2 Å². The Balaban J connectivity index is 1.80. The standard InChI is InChI=1S/C18H17F2N3O4/c1-10-8-12(27-15(10)17(24)25-3)9-26-22-11(2)16-21-13-6-4-5-7-14(13)23(16)18(19)20/h4-8,18H,9H2,1-3H3. The molecule has 0 aliphatic heterocycles. The number of alkyl halides is 2. The van der Waals surface area contributed by atoms with Gasteiger partial charge in [0.1, 0.15) is 11.5 Å². The van der Waals surface area contributed by atoms with Crippen LogP contribution >= 0.6 is 0 Å². The number of fused-ring (bicyclic) bond motifs is 1. The third kappa shape index (κ3) is 3.67. The van der Waals surface area contributed by atoms with Gasteiger partial charge in [0.15, 0.2) is 12.4 Å². The molecule has 0 saturated heterocycles. The van der Waals surface area contributed by atoms with E-state index in [0.717, 1.165) is 4.57 Å². The molecule has 0 radical (unpaired) electrons. The number of hydrogen-bond acceptors (Lipinski definition) is 6. The van der Waals surface area contributed by atoms with Crippen LogP contribution in [0.25, 0.3) is 11.0 Å². The fourth-order valence-corrected chi connectivity index (χ4v) is 2.65. The molecule has 7 nitrogen and oxygen atoms in total. The number of carbonyl (C=O) groups is 1. The molecule has 142 valence electrons. The zero-order chi connectivity index (χ0) is 19.6. The number of rotatable bonds is 6. The van der Waals surface area contributed by atoms with E-state index in [9.17, 15) is 13.6 Å². The van der Waals surface area contributed by atoms with Crippen LogP contribution in [0, 0.1) is 6.92 Å². The van der Waals surface area contributed by atoms with Crippen molar-refractivity contribution in [2.24, 2.45) is 5.16 Å². The summed E-state index contributed by atoms with van der Waals surface area (Å²) in [5, 5.41) is 3.86. The highest BCUT2D eigenvalue weighted by atomic mass is 19.3. The molecule has 0 aliphatic rings. The Bertz CT molecular complexity index is 1010. The molecule has 9 heteroatoms. The van der Waals surface area contributed by atoms with Gasteiger partial charge in [-0.2, -0.15) is 8.78 Å². The van der Waals surface area contributed by atoms with Crippen LogP contribution in [0.1, 0.15) is 41.2 Å². The summed E-state index contributed by atoms with van der Waals surface area (Å²) in [6.45, 7) is 0.365. The first-order chi connectivity index (χ1) is 12.9. The second kappa shape index (κ2) is 7.56. The van der Waals surface area contributed by atoms with Crippen LogP contribution in [0.15, 0.2) is 39.9 Å². The van der Waals surface area contributed by atoms with E-state index >= 15 is 0 Å². The third-order valence-corrected chi connectivity index (χ3v) is 3.86. The Morgan fingerprint density at radius 2 is 2.11 bits per heavy atom. The Morgan fingerprint density at radius 3 is 2.81 bits per heavy atom. The number of aromatic nitrogens is 2. The van der Waals surface area contributed by atoms with E-state index in [4.69, 9.17) is 9.25 Å². The van der Waals surface area contributed by atoms with Gasteiger partial charge < -0.3 is 14.0 Å². The van der Waals surface area contributed by atoms with Crippen molar-refractivity contribution in [1.29, 1.82) is 0 Å². The fourth-order valence-electron chi connectivity index (χ4n) is 2.65. The van der Waals surface area contributed by atoms with Gasteiger partial charge >= 0.3 is 12.5 Å². The highest BCUT2D eigenvalue weighted by Gasteiger charge is 2.20. The minimum Gasteiger partial charge on any atom is -0.463 e. The van der Waals surface area contributed by atoms with Crippen molar-refractivity contribution >= 4 is 22.7 Å². The van der Waals surface area contributed by atoms with Crippen LogP contribution in [-0.2, 0) is 16.2 Å². The lowest BCUT2D eigenvalue weighted by molar-refractivity contribution is 0.0552. The topological polar surface area (TPSA) is 78.8 Å². The van der Waals surface area contributed by atoms with E-state index in [1.807, 2.05) is 0 Å². The number of hydrogen-bond donors (Lipinski definition) is 0. The lowest BCUT2D eigenvalue weighted by Crippen LogP contribution is -2.10. The first kappa shape index (κ1) is 18.6. The summed E-state index contributed by atoms with van der Waals surface area (Å²) in [4.78, 5) is 20.9. The smallest absolute Gasteiger partial charge is 0.374 e. The van der Waals surface area contributed by atoms with Gasteiger partial charge in [0.2, 0.25) is 5.76 Å². The fraction of sp³-hybridized carbons (Fsp3) is 0.278. The Hall–Kier alpha value is -3.23. The summed E-state index contributed by atoms with van der Waals surface area (Å²) in [6, 6.07) is 8.20. The predicted octanol–water partition coefficient (Wildman–Crippen LogP) is 4.06. The summed E-state index contributed by atoms with van der Waals surface area (Å²) in [5.74, 6) is -0.149. The highest BCUT2D eigenvalue weighted by Crippen LogP contribution is 2.23. The van der Waals surface area contributed by atoms with Gasteiger partial charge in [-0.15, -0.1) is 0 Å². The minimum atomic E-state index is -2.77. The maximum atomic E-state index is 13.5. The molecule has 3 rings (SSSR count). The monoisotopic (exact) mass is 377 g/mol. The lowest BCUT2D eigenvalue weighted by Gasteiger charge is -2.07. The molecule has 3 aromatic rings. The van der Waals surface area contributed by atoms with Gasteiger partial charge in [0.25, 0.3) is 0 Å². The third-order valence-electron chi connectivity index (χ3n) is 3.86. The number of nitrogens with zero attached hydrogens (tertiary/aromatic N) is 3. The van der Waals surface area contributed by atoms with E-state index in [1.165, 1.54) is 14.0 Å². The summed E-state index contributed by atoms with van der Waals surface area (Å²) in [6.07, 6.45) is 0. The van der Waals surface area contributed by atoms with Crippen molar-refractivity contribution in [2.75, 3.05) is 7.11 Å². The second-order valence-corrected chi connectivity index (χ2v) is 5.74. The molecule has 2 heterocycles. The molecule has 0 spiro atoms. The number of benzene rings is 1. The van der Waals surface area contributed by atoms with Crippen molar-refractivity contribution in [2.45, 2.75) is 27.0 Å². The Morgan fingerprint density at radius 1 is 1.37 bits per heavy atom. The number of methoxy groups -OCH3 is 1. The van der Waals surface area contributed by atoms with E-state index in [0.29, 0.717) is 22.4 Å².